The van der Waals surface area contributed by atoms with Crippen LogP contribution in [0.25, 0.3) is 10.9 Å². The zero-order valence-electron chi connectivity index (χ0n) is 19.8. The number of fused-ring (bicyclic) bond motifs is 1. The first-order valence-corrected chi connectivity index (χ1v) is 11.3. The molecule has 0 bridgehead atoms. The van der Waals surface area contributed by atoms with Crippen LogP contribution in [0.15, 0.2) is 72.9 Å². The number of methoxy groups -OCH3 is 1. The molecule has 0 fully saturated rings. The SMILES string of the molecule is COc1cc2c(Oc3ccc(NC(=O)c4ccccc4)c(F)c3)ccnc2cc1OCCC(N)C(=O)O. The normalized spacial score (nSPS) is 11.5. The number of nitrogens with two attached hydrogens (primary N) is 1. The van der Waals surface area contributed by atoms with Crippen molar-refractivity contribution in [3.63, 3.8) is 0 Å². The molecule has 0 spiro atoms. The van der Waals surface area contributed by atoms with Crippen molar-refractivity contribution in [3.8, 4) is 23.0 Å². The Balaban J connectivity index is 1.52. The van der Waals surface area contributed by atoms with E-state index >= 15 is 0 Å². The van der Waals surface area contributed by atoms with Crippen molar-refractivity contribution in [3.05, 3.63) is 84.3 Å². The number of carbonyl (C=O) groups is 2. The molecule has 4 N–H and O–H groups in total. The summed E-state index contributed by atoms with van der Waals surface area (Å²) in [7, 11) is 1.46. The van der Waals surface area contributed by atoms with E-state index in [1.165, 1.54) is 31.5 Å². The number of rotatable bonds is 10. The summed E-state index contributed by atoms with van der Waals surface area (Å²) in [6.45, 7) is 0.0674. The molecule has 37 heavy (non-hydrogen) atoms. The second-order valence-electron chi connectivity index (χ2n) is 7.98. The van der Waals surface area contributed by atoms with E-state index in [4.69, 9.17) is 25.1 Å². The highest BCUT2D eigenvalue weighted by molar-refractivity contribution is 6.04. The molecule has 9 nitrogen and oxygen atoms in total. The summed E-state index contributed by atoms with van der Waals surface area (Å²) in [5.41, 5.74) is 6.46. The maximum absolute atomic E-state index is 14.8. The molecule has 190 valence electrons. The van der Waals surface area contributed by atoms with Gasteiger partial charge in [0.2, 0.25) is 0 Å². The molecule has 0 aliphatic heterocycles. The maximum Gasteiger partial charge on any atom is 0.320 e. The lowest BCUT2D eigenvalue weighted by atomic mass is 10.1. The Labute approximate surface area is 211 Å². The first kappa shape index (κ1) is 25.4. The van der Waals surface area contributed by atoms with Crippen LogP contribution in [-0.2, 0) is 4.79 Å². The van der Waals surface area contributed by atoms with Gasteiger partial charge in [0.15, 0.2) is 11.5 Å². The molecule has 0 saturated carbocycles. The molecule has 4 aromatic rings. The highest BCUT2D eigenvalue weighted by Gasteiger charge is 2.16. The van der Waals surface area contributed by atoms with Crippen molar-refractivity contribution < 1.29 is 33.3 Å². The zero-order valence-corrected chi connectivity index (χ0v) is 19.8. The van der Waals surface area contributed by atoms with Crippen molar-refractivity contribution in [2.75, 3.05) is 19.0 Å². The van der Waals surface area contributed by atoms with E-state index < -0.39 is 23.7 Å². The van der Waals surface area contributed by atoms with Gasteiger partial charge in [0, 0.05) is 35.7 Å². The number of carboxylic acids is 1. The molecular weight excluding hydrogens is 481 g/mol. The number of nitrogens with one attached hydrogen (secondary N) is 1. The Morgan fingerprint density at radius 3 is 2.54 bits per heavy atom. The molecule has 1 atom stereocenters. The number of benzene rings is 3. The number of anilines is 1. The van der Waals surface area contributed by atoms with Crippen LogP contribution in [0, 0.1) is 5.82 Å². The van der Waals surface area contributed by atoms with Gasteiger partial charge in [-0.15, -0.1) is 0 Å². The largest absolute Gasteiger partial charge is 0.493 e. The second-order valence-corrected chi connectivity index (χ2v) is 7.98. The standard InChI is InChI=1S/C27H24FN3O6/c1-35-24-14-18-22(15-25(24)36-12-10-20(29)27(33)34)30-11-9-23(18)37-17-7-8-21(19(28)13-17)31-26(32)16-5-3-2-4-6-16/h2-9,11,13-15,20H,10,12,29H2,1H3,(H,31,32)(H,33,34). The third kappa shape index (κ3) is 6.11. The smallest absolute Gasteiger partial charge is 0.320 e. The molecule has 10 heteroatoms. The van der Waals surface area contributed by atoms with E-state index in [9.17, 15) is 14.0 Å². The van der Waals surface area contributed by atoms with E-state index in [0.29, 0.717) is 33.7 Å². The summed E-state index contributed by atoms with van der Waals surface area (Å²) in [5.74, 6) is -0.856. The molecule has 1 amide bonds. The van der Waals surface area contributed by atoms with Crippen LogP contribution in [-0.4, -0.2) is 41.7 Å². The van der Waals surface area contributed by atoms with Crippen LogP contribution in [0.2, 0.25) is 0 Å². The molecule has 0 aliphatic carbocycles. The predicted octanol–water partition coefficient (Wildman–Crippen LogP) is 4.61. The number of carbonyl (C=O) groups excluding carboxylic acids is 1. The fourth-order valence-electron chi connectivity index (χ4n) is 3.48. The van der Waals surface area contributed by atoms with Crippen LogP contribution in [0.1, 0.15) is 16.8 Å². The second kappa shape index (κ2) is 11.4. The number of nitrogens with zero attached hydrogens (tertiary/aromatic N) is 1. The number of hydrogen-bond acceptors (Lipinski definition) is 7. The number of aromatic nitrogens is 1. The molecule has 3 aromatic carbocycles. The van der Waals surface area contributed by atoms with Crippen LogP contribution in [0.3, 0.4) is 0 Å². The van der Waals surface area contributed by atoms with Gasteiger partial charge < -0.3 is 30.4 Å². The summed E-state index contributed by atoms with van der Waals surface area (Å²) in [6, 6.07) is 16.5. The molecule has 1 heterocycles. The summed E-state index contributed by atoms with van der Waals surface area (Å²) in [4.78, 5) is 27.6. The van der Waals surface area contributed by atoms with Gasteiger partial charge >= 0.3 is 5.97 Å². The van der Waals surface area contributed by atoms with Crippen molar-refractivity contribution in [2.45, 2.75) is 12.5 Å². The molecular formula is C27H24FN3O6. The number of ether oxygens (including phenoxy) is 3. The highest BCUT2D eigenvalue weighted by atomic mass is 19.1. The Morgan fingerprint density at radius 1 is 1.05 bits per heavy atom. The lowest BCUT2D eigenvalue weighted by Crippen LogP contribution is -2.31. The van der Waals surface area contributed by atoms with Gasteiger partial charge in [-0.3, -0.25) is 14.6 Å². The molecule has 1 unspecified atom stereocenters. The molecule has 4 rings (SSSR count). The lowest BCUT2D eigenvalue weighted by Gasteiger charge is -2.15. The predicted molar refractivity (Wildman–Crippen MR) is 135 cm³/mol. The maximum atomic E-state index is 14.8. The van der Waals surface area contributed by atoms with Crippen LogP contribution in [0.5, 0.6) is 23.0 Å². The third-order valence-corrected chi connectivity index (χ3v) is 5.44. The number of halogens is 1. The molecule has 1 aromatic heterocycles. The minimum Gasteiger partial charge on any atom is -0.493 e. The minimum absolute atomic E-state index is 0.0202. The number of pyridine rings is 1. The van der Waals surface area contributed by atoms with Gasteiger partial charge in [0.1, 0.15) is 23.4 Å². The van der Waals surface area contributed by atoms with E-state index in [0.717, 1.165) is 0 Å². The fourth-order valence-corrected chi connectivity index (χ4v) is 3.48. The summed E-state index contributed by atoms with van der Waals surface area (Å²) < 4.78 is 31.8. The number of hydrogen-bond donors (Lipinski definition) is 3. The van der Waals surface area contributed by atoms with Crippen molar-refractivity contribution in [1.29, 1.82) is 0 Å². The van der Waals surface area contributed by atoms with E-state index in [1.807, 2.05) is 0 Å². The Bertz CT molecular complexity index is 1430. The number of amides is 1. The van der Waals surface area contributed by atoms with Crippen molar-refractivity contribution in [1.82, 2.24) is 4.98 Å². The fraction of sp³-hybridized carbons (Fsp3) is 0.148. The van der Waals surface area contributed by atoms with Gasteiger partial charge in [0.25, 0.3) is 5.91 Å². The van der Waals surface area contributed by atoms with Crippen molar-refractivity contribution in [2.24, 2.45) is 5.73 Å². The first-order valence-electron chi connectivity index (χ1n) is 11.3. The molecule has 0 aliphatic rings. The number of carboxylic acid groups (broad SMARTS) is 1. The first-order chi connectivity index (χ1) is 17.9. The minimum atomic E-state index is -1.11. The van der Waals surface area contributed by atoms with Crippen LogP contribution < -0.4 is 25.3 Å². The zero-order chi connectivity index (χ0) is 26.4. The van der Waals surface area contributed by atoms with Crippen LogP contribution in [0.4, 0.5) is 10.1 Å². The summed E-state index contributed by atoms with van der Waals surface area (Å²) in [6.07, 6.45) is 1.64. The van der Waals surface area contributed by atoms with Gasteiger partial charge in [-0.2, -0.15) is 0 Å². The quantitative estimate of drug-likeness (QED) is 0.285. The summed E-state index contributed by atoms with van der Waals surface area (Å²) >= 11 is 0. The van der Waals surface area contributed by atoms with Crippen molar-refractivity contribution >= 4 is 28.5 Å². The van der Waals surface area contributed by atoms with Gasteiger partial charge in [-0.1, -0.05) is 18.2 Å². The monoisotopic (exact) mass is 505 g/mol. The van der Waals surface area contributed by atoms with Crippen LogP contribution >= 0.6 is 0 Å². The lowest BCUT2D eigenvalue weighted by molar-refractivity contribution is -0.138. The topological polar surface area (TPSA) is 133 Å². The number of aliphatic carboxylic acids is 1. The Morgan fingerprint density at radius 2 is 1.84 bits per heavy atom. The molecule has 0 radical (unpaired) electrons. The van der Waals surface area contributed by atoms with E-state index in [1.54, 1.807) is 48.5 Å². The molecule has 0 saturated heterocycles. The van der Waals surface area contributed by atoms with E-state index in [-0.39, 0.29) is 24.5 Å². The average molecular weight is 506 g/mol. The highest BCUT2D eigenvalue weighted by Crippen LogP contribution is 2.37. The third-order valence-electron chi connectivity index (χ3n) is 5.44. The van der Waals surface area contributed by atoms with E-state index in [2.05, 4.69) is 10.3 Å². The Kier molecular flexibility index (Phi) is 7.80. The van der Waals surface area contributed by atoms with Gasteiger partial charge in [-0.25, -0.2) is 4.39 Å². The Hall–Kier alpha value is -4.70. The van der Waals surface area contributed by atoms with Gasteiger partial charge in [-0.05, 0) is 36.4 Å². The average Bonchev–Trinajstić information content (AvgIpc) is 2.90. The van der Waals surface area contributed by atoms with Gasteiger partial charge in [0.05, 0.1) is 24.9 Å². The summed E-state index contributed by atoms with van der Waals surface area (Å²) in [5, 5.41) is 12.0.